The fraction of sp³-hybridized carbons (Fsp3) is 0.452. The summed E-state index contributed by atoms with van der Waals surface area (Å²) >= 11 is 0. The molecule has 12 nitrogen and oxygen atoms in total. The number of aromatic nitrogens is 1. The maximum Gasteiger partial charge on any atom is 0.250 e. The van der Waals surface area contributed by atoms with Crippen LogP contribution < -0.4 is 10.0 Å². The van der Waals surface area contributed by atoms with Gasteiger partial charge in [0.2, 0.25) is 0 Å². The maximum absolute atomic E-state index is 13.0. The summed E-state index contributed by atoms with van der Waals surface area (Å²) in [6, 6.07) is 17.7. The smallest absolute Gasteiger partial charge is 0.250 e. The van der Waals surface area contributed by atoms with E-state index in [0.717, 1.165) is 67.1 Å². The molecule has 236 valence electrons. The number of nitriles is 1. The van der Waals surface area contributed by atoms with E-state index in [0.29, 0.717) is 5.69 Å². The van der Waals surface area contributed by atoms with E-state index in [1.54, 1.807) is 19.2 Å². The summed E-state index contributed by atoms with van der Waals surface area (Å²) in [5.74, 6) is 0. The van der Waals surface area contributed by atoms with Crippen LogP contribution in [0.3, 0.4) is 0 Å². The Morgan fingerprint density at radius 2 is 1.77 bits per heavy atom. The van der Waals surface area contributed by atoms with Gasteiger partial charge in [0.25, 0.3) is 10.0 Å². The predicted octanol–water partition coefficient (Wildman–Crippen LogP) is 1.24. The summed E-state index contributed by atoms with van der Waals surface area (Å²) in [5, 5.41) is 45.4. The molecular weight excluding hydrogens is 586 g/mol. The van der Waals surface area contributed by atoms with Gasteiger partial charge in [-0.15, -0.1) is 0 Å². The molecule has 2 aromatic carbocycles. The first-order chi connectivity index (χ1) is 21.1. The third-order valence-electron chi connectivity index (χ3n) is 8.26. The summed E-state index contributed by atoms with van der Waals surface area (Å²) in [6.07, 6.45) is -4.92. The molecule has 2 aliphatic rings. The van der Waals surface area contributed by atoms with Crippen LogP contribution in [0.5, 0.6) is 0 Å². The molecule has 2 fully saturated rings. The van der Waals surface area contributed by atoms with Crippen LogP contribution in [-0.2, 0) is 26.5 Å². The van der Waals surface area contributed by atoms with Crippen LogP contribution in [0.4, 0.5) is 5.69 Å². The number of hydrogen-bond acceptors (Lipinski definition) is 10. The zero-order valence-electron chi connectivity index (χ0n) is 24.8. The molecule has 5 N–H and O–H groups in total. The molecule has 1 aromatic heterocycles. The van der Waals surface area contributed by atoms with E-state index in [-0.39, 0.29) is 0 Å². The van der Waals surface area contributed by atoms with Crippen molar-refractivity contribution in [1.82, 2.24) is 14.2 Å². The van der Waals surface area contributed by atoms with Gasteiger partial charge >= 0.3 is 0 Å². The van der Waals surface area contributed by atoms with Crippen LogP contribution in [0.15, 0.2) is 53.4 Å². The third kappa shape index (κ3) is 7.14. The van der Waals surface area contributed by atoms with Crippen molar-refractivity contribution in [2.75, 3.05) is 51.3 Å². The molecule has 2 aliphatic heterocycles. The summed E-state index contributed by atoms with van der Waals surface area (Å²) in [7, 11) is -2.48. The van der Waals surface area contributed by atoms with Gasteiger partial charge in [-0.05, 0) is 59.7 Å². The molecule has 0 radical (unpaired) electrons. The predicted molar refractivity (Wildman–Crippen MR) is 167 cm³/mol. The standard InChI is InChI=1S/C31H39N5O7S/c1-20-29(37)31(39)30(38)28(43-20)19-34-44(40,41)26(18-32)17-25-7-8-27(35(25)2)23-4-3-22-16-24(6-5-21(22)15-23)33-9-10-36-11-13-42-14-12-36/h3-8,15-17,20,28-31,33-34,37-39H,9-14,19H2,1-2H3/b26-17+/t20?,28-,29+,30-,31-/m1/s1. The number of morpholine rings is 1. The third-order valence-corrected chi connectivity index (χ3v) is 9.60. The maximum atomic E-state index is 13.0. The van der Waals surface area contributed by atoms with Crippen molar-refractivity contribution < 1.29 is 33.2 Å². The van der Waals surface area contributed by atoms with Crippen molar-refractivity contribution in [3.8, 4) is 17.3 Å². The van der Waals surface area contributed by atoms with Crippen molar-refractivity contribution in [1.29, 1.82) is 5.26 Å². The Hall–Kier alpha value is -3.32. The van der Waals surface area contributed by atoms with Gasteiger partial charge in [0.05, 0.1) is 19.3 Å². The SMILES string of the molecule is CC1O[C@H](CNS(=O)(=O)/C(C#N)=C/c2ccc(-c3ccc4cc(NCCN5CCOCC5)ccc4c3)n2C)[C@@H](O)[C@H](O)[C@H]1O. The molecule has 0 saturated carbocycles. The summed E-state index contributed by atoms with van der Waals surface area (Å²) in [4.78, 5) is 1.87. The fourth-order valence-corrected chi connectivity index (χ4v) is 6.47. The highest BCUT2D eigenvalue weighted by atomic mass is 32.2. The lowest BCUT2D eigenvalue weighted by Gasteiger charge is -2.39. The largest absolute Gasteiger partial charge is 0.388 e. The van der Waals surface area contributed by atoms with Crippen molar-refractivity contribution >= 4 is 32.6 Å². The normalized spacial score (nSPS) is 25.2. The zero-order chi connectivity index (χ0) is 31.4. The van der Waals surface area contributed by atoms with Crippen LogP contribution in [0.2, 0.25) is 0 Å². The van der Waals surface area contributed by atoms with E-state index in [1.165, 1.54) is 13.0 Å². The number of sulfonamides is 1. The van der Waals surface area contributed by atoms with Crippen molar-refractivity contribution in [2.45, 2.75) is 37.4 Å². The minimum atomic E-state index is -4.27. The molecule has 2 saturated heterocycles. The fourth-order valence-electron chi connectivity index (χ4n) is 5.54. The molecule has 0 aliphatic carbocycles. The number of aliphatic hydroxyl groups is 3. The highest BCUT2D eigenvalue weighted by Gasteiger charge is 2.42. The Balaban J connectivity index is 1.26. The van der Waals surface area contributed by atoms with Gasteiger partial charge in [0, 0.05) is 56.8 Å². The topological polar surface area (TPSA) is 169 Å². The number of ether oxygens (including phenoxy) is 2. The first-order valence-electron chi connectivity index (χ1n) is 14.6. The van der Waals surface area contributed by atoms with E-state index in [4.69, 9.17) is 9.47 Å². The highest BCUT2D eigenvalue weighted by Crippen LogP contribution is 2.28. The quantitative estimate of drug-likeness (QED) is 0.207. The number of anilines is 1. The molecule has 0 spiro atoms. The number of hydrogen-bond donors (Lipinski definition) is 5. The second kappa shape index (κ2) is 13.8. The Morgan fingerprint density at radius 3 is 2.52 bits per heavy atom. The molecule has 0 amide bonds. The Kier molecular flexibility index (Phi) is 10.0. The van der Waals surface area contributed by atoms with Gasteiger partial charge in [-0.25, -0.2) is 13.1 Å². The second-order valence-corrected chi connectivity index (χ2v) is 12.9. The number of benzene rings is 2. The number of aliphatic hydroxyl groups excluding tert-OH is 3. The number of nitrogens with one attached hydrogen (secondary N) is 2. The van der Waals surface area contributed by atoms with Crippen LogP contribution in [0.25, 0.3) is 28.1 Å². The highest BCUT2D eigenvalue weighted by molar-refractivity contribution is 7.93. The second-order valence-electron chi connectivity index (χ2n) is 11.2. The Morgan fingerprint density at radius 1 is 1.05 bits per heavy atom. The van der Waals surface area contributed by atoms with Gasteiger partial charge in [-0.3, -0.25) is 4.90 Å². The average molecular weight is 626 g/mol. The molecule has 1 unspecified atom stereocenters. The number of allylic oxidation sites excluding steroid dienone is 1. The lowest BCUT2D eigenvalue weighted by molar-refractivity contribution is -0.214. The first-order valence-corrected chi connectivity index (χ1v) is 16.1. The van der Waals surface area contributed by atoms with E-state index >= 15 is 0 Å². The molecule has 13 heteroatoms. The summed E-state index contributed by atoms with van der Waals surface area (Å²) in [5.41, 5.74) is 3.33. The van der Waals surface area contributed by atoms with Gasteiger partial charge < -0.3 is 34.7 Å². The van der Waals surface area contributed by atoms with E-state index in [9.17, 15) is 29.0 Å². The monoisotopic (exact) mass is 625 g/mol. The van der Waals surface area contributed by atoms with Gasteiger partial charge in [0.1, 0.15) is 30.5 Å². The van der Waals surface area contributed by atoms with Crippen LogP contribution in [0, 0.1) is 11.3 Å². The van der Waals surface area contributed by atoms with Crippen LogP contribution in [0.1, 0.15) is 12.6 Å². The number of nitrogens with zero attached hydrogens (tertiary/aromatic N) is 3. The van der Waals surface area contributed by atoms with Gasteiger partial charge in [-0.2, -0.15) is 5.26 Å². The molecule has 3 aromatic rings. The summed E-state index contributed by atoms with van der Waals surface area (Å²) < 4.78 is 40.9. The van der Waals surface area contributed by atoms with E-state index < -0.39 is 52.0 Å². The summed E-state index contributed by atoms with van der Waals surface area (Å²) in [6.45, 7) is 6.42. The molecule has 5 atom stereocenters. The molecule has 44 heavy (non-hydrogen) atoms. The molecule has 3 heterocycles. The Labute approximate surface area is 257 Å². The van der Waals surface area contributed by atoms with Crippen molar-refractivity contribution in [3.63, 3.8) is 0 Å². The minimum absolute atomic E-state index is 0.392. The lowest BCUT2D eigenvalue weighted by Crippen LogP contribution is -2.59. The van der Waals surface area contributed by atoms with Crippen LogP contribution >= 0.6 is 0 Å². The van der Waals surface area contributed by atoms with E-state index in [1.807, 2.05) is 22.8 Å². The Bertz CT molecular complexity index is 1640. The minimum Gasteiger partial charge on any atom is -0.388 e. The van der Waals surface area contributed by atoms with Gasteiger partial charge in [0.15, 0.2) is 4.91 Å². The van der Waals surface area contributed by atoms with Crippen LogP contribution in [-0.4, -0.2) is 110 Å². The number of fused-ring (bicyclic) bond motifs is 1. The van der Waals surface area contributed by atoms with Crippen molar-refractivity contribution in [2.24, 2.45) is 7.05 Å². The average Bonchev–Trinajstić information content (AvgIpc) is 3.39. The lowest BCUT2D eigenvalue weighted by atomic mass is 9.96. The zero-order valence-corrected chi connectivity index (χ0v) is 25.6. The van der Waals surface area contributed by atoms with Gasteiger partial charge in [-0.1, -0.05) is 18.2 Å². The van der Waals surface area contributed by atoms with Crippen molar-refractivity contribution in [3.05, 3.63) is 59.1 Å². The molecule has 5 rings (SSSR count). The molecular formula is C31H39N5O7S. The molecule has 0 bridgehead atoms. The van der Waals surface area contributed by atoms with E-state index in [2.05, 4.69) is 39.2 Å². The first kappa shape index (κ1) is 32.1. The number of rotatable bonds is 10.